The monoisotopic (exact) mass is 414 g/mol. The number of nitrogens with one attached hydrogen (secondary N) is 1. The normalized spacial score (nSPS) is 12.5. The maximum atomic E-state index is 12.6. The minimum Gasteiger partial charge on any atom is -0.440 e. The largest absolute Gasteiger partial charge is 0.440 e. The Bertz CT molecular complexity index is 1140. The number of hydrogen-bond acceptors (Lipinski definition) is 5. The minimum atomic E-state index is -0.757. The molecule has 31 heavy (non-hydrogen) atoms. The predicted octanol–water partition coefficient (Wildman–Crippen LogP) is 3.28. The lowest BCUT2D eigenvalue weighted by molar-refractivity contribution is -0.115. The summed E-state index contributed by atoms with van der Waals surface area (Å²) in [5, 5.41) is 2.71. The lowest BCUT2D eigenvalue weighted by Crippen LogP contribution is -2.33. The van der Waals surface area contributed by atoms with E-state index in [-0.39, 0.29) is 34.7 Å². The summed E-state index contributed by atoms with van der Waals surface area (Å²) in [5.74, 6) is -2.07. The number of imide groups is 1. The second kappa shape index (κ2) is 8.62. The number of amides is 3. The number of ether oxygens (including phenoxy) is 1. The van der Waals surface area contributed by atoms with Gasteiger partial charge in [0.15, 0.2) is 6.73 Å². The summed E-state index contributed by atoms with van der Waals surface area (Å²) in [6.45, 7) is -0.516. The number of rotatable bonds is 6. The molecule has 154 valence electrons. The number of esters is 1. The number of anilines is 1. The Morgan fingerprint density at radius 2 is 1.35 bits per heavy atom. The van der Waals surface area contributed by atoms with E-state index >= 15 is 0 Å². The van der Waals surface area contributed by atoms with Gasteiger partial charge in [0, 0.05) is 0 Å². The van der Waals surface area contributed by atoms with Crippen LogP contribution in [0, 0.1) is 0 Å². The molecule has 7 heteroatoms. The van der Waals surface area contributed by atoms with Gasteiger partial charge in [-0.25, -0.2) is 9.69 Å². The summed E-state index contributed by atoms with van der Waals surface area (Å²) < 4.78 is 5.22. The standard InChI is InChI=1S/C24H18N2O5/c27-21(14-16-8-2-1-3-9-16)25-20-13-7-6-12-19(20)24(30)31-15-26-22(28)17-10-4-5-11-18(17)23(26)29/h1-13H,14-15H2,(H,25,27). The van der Waals surface area contributed by atoms with Gasteiger partial charge in [0.1, 0.15) is 0 Å². The van der Waals surface area contributed by atoms with Crippen molar-refractivity contribution in [1.82, 2.24) is 4.90 Å². The van der Waals surface area contributed by atoms with E-state index in [4.69, 9.17) is 4.74 Å². The Balaban J connectivity index is 1.42. The molecule has 1 aliphatic heterocycles. The van der Waals surface area contributed by atoms with Gasteiger partial charge in [-0.2, -0.15) is 0 Å². The smallest absolute Gasteiger partial charge is 0.341 e. The van der Waals surface area contributed by atoms with E-state index in [1.54, 1.807) is 42.5 Å². The third-order valence-electron chi connectivity index (χ3n) is 4.83. The quantitative estimate of drug-likeness (QED) is 0.494. The van der Waals surface area contributed by atoms with E-state index < -0.39 is 24.5 Å². The highest BCUT2D eigenvalue weighted by Gasteiger charge is 2.35. The highest BCUT2D eigenvalue weighted by Crippen LogP contribution is 2.23. The van der Waals surface area contributed by atoms with Gasteiger partial charge in [-0.05, 0) is 29.8 Å². The maximum absolute atomic E-state index is 12.6. The predicted molar refractivity (Wildman–Crippen MR) is 112 cm³/mol. The van der Waals surface area contributed by atoms with E-state index in [1.807, 2.05) is 30.3 Å². The van der Waals surface area contributed by atoms with Crippen LogP contribution < -0.4 is 5.32 Å². The van der Waals surface area contributed by atoms with Crippen molar-refractivity contribution < 1.29 is 23.9 Å². The molecule has 0 radical (unpaired) electrons. The van der Waals surface area contributed by atoms with Crippen LogP contribution in [-0.2, 0) is 16.0 Å². The minimum absolute atomic E-state index is 0.125. The number of hydrogen-bond donors (Lipinski definition) is 1. The number of benzene rings is 3. The van der Waals surface area contributed by atoms with Crippen LogP contribution in [0.1, 0.15) is 36.6 Å². The van der Waals surface area contributed by atoms with E-state index in [0.29, 0.717) is 0 Å². The second-order valence-corrected chi connectivity index (χ2v) is 6.90. The van der Waals surface area contributed by atoms with Crippen molar-refractivity contribution in [3.63, 3.8) is 0 Å². The van der Waals surface area contributed by atoms with Gasteiger partial charge in [-0.15, -0.1) is 0 Å². The molecule has 4 rings (SSSR count). The van der Waals surface area contributed by atoms with Crippen molar-refractivity contribution in [1.29, 1.82) is 0 Å². The van der Waals surface area contributed by atoms with Gasteiger partial charge in [0.2, 0.25) is 5.91 Å². The molecule has 3 amide bonds. The Kier molecular flexibility index (Phi) is 5.57. The molecule has 0 spiro atoms. The van der Waals surface area contributed by atoms with Crippen molar-refractivity contribution in [2.24, 2.45) is 0 Å². The van der Waals surface area contributed by atoms with Crippen LogP contribution in [0.2, 0.25) is 0 Å². The summed E-state index contributed by atoms with van der Waals surface area (Å²) >= 11 is 0. The molecule has 0 aliphatic carbocycles. The molecule has 0 saturated carbocycles. The number of nitrogens with zero attached hydrogens (tertiary/aromatic N) is 1. The number of fused-ring (bicyclic) bond motifs is 1. The van der Waals surface area contributed by atoms with Crippen LogP contribution in [0.5, 0.6) is 0 Å². The summed E-state index contributed by atoms with van der Waals surface area (Å²) in [6, 6.07) is 22.0. The Labute approximate surface area is 178 Å². The molecule has 0 atom stereocenters. The summed E-state index contributed by atoms with van der Waals surface area (Å²) in [5.41, 5.74) is 1.80. The first kappa shape index (κ1) is 20.0. The lowest BCUT2D eigenvalue weighted by atomic mass is 10.1. The molecule has 3 aromatic rings. The van der Waals surface area contributed by atoms with Crippen LogP contribution in [-0.4, -0.2) is 35.3 Å². The van der Waals surface area contributed by atoms with Crippen molar-refractivity contribution in [3.8, 4) is 0 Å². The highest BCUT2D eigenvalue weighted by molar-refractivity contribution is 6.21. The second-order valence-electron chi connectivity index (χ2n) is 6.90. The molecule has 0 fully saturated rings. The van der Waals surface area contributed by atoms with Gasteiger partial charge >= 0.3 is 5.97 Å². The van der Waals surface area contributed by atoms with Crippen LogP contribution in [0.15, 0.2) is 78.9 Å². The molecule has 0 saturated heterocycles. The SMILES string of the molecule is O=C(Cc1ccccc1)Nc1ccccc1C(=O)OCN1C(=O)c2ccccc2C1=O. The molecule has 0 aromatic heterocycles. The van der Waals surface area contributed by atoms with E-state index in [9.17, 15) is 19.2 Å². The van der Waals surface area contributed by atoms with Crippen LogP contribution >= 0.6 is 0 Å². The zero-order valence-corrected chi connectivity index (χ0v) is 16.4. The van der Waals surface area contributed by atoms with Crippen molar-refractivity contribution in [2.45, 2.75) is 6.42 Å². The Hall–Kier alpha value is -4.26. The maximum Gasteiger partial charge on any atom is 0.341 e. The van der Waals surface area contributed by atoms with Gasteiger partial charge in [-0.3, -0.25) is 14.4 Å². The Morgan fingerprint density at radius 1 is 0.774 bits per heavy atom. The first-order chi connectivity index (χ1) is 15.0. The van der Waals surface area contributed by atoms with Gasteiger partial charge < -0.3 is 10.1 Å². The van der Waals surface area contributed by atoms with Crippen LogP contribution in [0.25, 0.3) is 0 Å². The topological polar surface area (TPSA) is 92.8 Å². The molecule has 7 nitrogen and oxygen atoms in total. The average Bonchev–Trinajstić information content (AvgIpc) is 3.03. The van der Waals surface area contributed by atoms with E-state index in [0.717, 1.165) is 10.5 Å². The summed E-state index contributed by atoms with van der Waals surface area (Å²) in [7, 11) is 0. The van der Waals surface area contributed by atoms with Crippen molar-refractivity contribution >= 4 is 29.4 Å². The third-order valence-corrected chi connectivity index (χ3v) is 4.83. The molecule has 1 heterocycles. The average molecular weight is 414 g/mol. The fourth-order valence-electron chi connectivity index (χ4n) is 3.30. The zero-order chi connectivity index (χ0) is 21.8. The van der Waals surface area contributed by atoms with E-state index in [2.05, 4.69) is 5.32 Å². The molecule has 1 N–H and O–H groups in total. The number of para-hydroxylation sites is 1. The molecular weight excluding hydrogens is 396 g/mol. The zero-order valence-electron chi connectivity index (χ0n) is 16.4. The summed E-state index contributed by atoms with van der Waals surface area (Å²) in [6.07, 6.45) is 0.152. The molecule has 0 bridgehead atoms. The Morgan fingerprint density at radius 3 is 2.03 bits per heavy atom. The highest BCUT2D eigenvalue weighted by atomic mass is 16.5. The van der Waals surface area contributed by atoms with Crippen LogP contribution in [0.4, 0.5) is 5.69 Å². The van der Waals surface area contributed by atoms with Crippen molar-refractivity contribution in [3.05, 3.63) is 101 Å². The number of carbonyl (C=O) groups is 4. The van der Waals surface area contributed by atoms with Crippen LogP contribution in [0.3, 0.4) is 0 Å². The molecular formula is C24H18N2O5. The summed E-state index contributed by atoms with van der Waals surface area (Å²) in [4.78, 5) is 50.7. The molecule has 3 aromatic carbocycles. The number of carbonyl (C=O) groups excluding carboxylic acids is 4. The molecule has 1 aliphatic rings. The first-order valence-corrected chi connectivity index (χ1v) is 9.60. The first-order valence-electron chi connectivity index (χ1n) is 9.60. The van der Waals surface area contributed by atoms with Gasteiger partial charge in [0.25, 0.3) is 11.8 Å². The molecule has 0 unspecified atom stereocenters. The lowest BCUT2D eigenvalue weighted by Gasteiger charge is -2.15. The fourth-order valence-corrected chi connectivity index (χ4v) is 3.30. The third kappa shape index (κ3) is 4.20. The van der Waals surface area contributed by atoms with E-state index in [1.165, 1.54) is 6.07 Å². The van der Waals surface area contributed by atoms with Gasteiger partial charge in [0.05, 0.1) is 28.8 Å². The van der Waals surface area contributed by atoms with Crippen molar-refractivity contribution in [2.75, 3.05) is 12.0 Å². The fraction of sp³-hybridized carbons (Fsp3) is 0.0833. The van der Waals surface area contributed by atoms with Gasteiger partial charge in [-0.1, -0.05) is 54.6 Å².